The number of nitrogens with zero attached hydrogens (tertiary/aromatic N) is 4. The Kier molecular flexibility index (Phi) is 5.53. The van der Waals surface area contributed by atoms with Crippen LogP contribution in [-0.4, -0.2) is 42.4 Å². The summed E-state index contributed by atoms with van der Waals surface area (Å²) in [4.78, 5) is 15.4. The number of aryl methyl sites for hydroxylation is 2. The van der Waals surface area contributed by atoms with Gasteiger partial charge in [0.25, 0.3) is 0 Å². The highest BCUT2D eigenvalue weighted by molar-refractivity contribution is 7.98. The second kappa shape index (κ2) is 8.23. The Balaban J connectivity index is 1.46. The van der Waals surface area contributed by atoms with Gasteiger partial charge in [0.2, 0.25) is 0 Å². The van der Waals surface area contributed by atoms with E-state index in [1.54, 1.807) is 11.8 Å². The lowest BCUT2D eigenvalue weighted by Crippen LogP contribution is -2.46. The third kappa shape index (κ3) is 3.99. The van der Waals surface area contributed by atoms with Crippen molar-refractivity contribution in [2.75, 3.05) is 42.2 Å². The fourth-order valence-corrected chi connectivity index (χ4v) is 3.93. The van der Waals surface area contributed by atoms with E-state index in [4.69, 9.17) is 4.98 Å². The molecule has 1 aromatic heterocycles. The minimum atomic E-state index is 0.932. The van der Waals surface area contributed by atoms with Crippen LogP contribution in [0.15, 0.2) is 59.8 Å². The summed E-state index contributed by atoms with van der Waals surface area (Å²) in [6.07, 6.45) is 5.82. The molecule has 0 aliphatic carbocycles. The fraction of sp³-hybridized carbons (Fsp3) is 0.304. The van der Waals surface area contributed by atoms with Crippen LogP contribution in [0.3, 0.4) is 0 Å². The van der Waals surface area contributed by atoms with Crippen molar-refractivity contribution < 1.29 is 0 Å². The molecule has 3 aromatic rings. The van der Waals surface area contributed by atoms with Gasteiger partial charge in [0.15, 0.2) is 0 Å². The molecule has 2 heterocycles. The summed E-state index contributed by atoms with van der Waals surface area (Å²) in [5.41, 5.74) is 6.06. The van der Waals surface area contributed by atoms with Crippen LogP contribution >= 0.6 is 11.8 Å². The lowest BCUT2D eigenvalue weighted by atomic mass is 10.1. The highest BCUT2D eigenvalue weighted by atomic mass is 32.2. The van der Waals surface area contributed by atoms with Crippen LogP contribution in [-0.2, 0) is 0 Å². The summed E-state index contributed by atoms with van der Waals surface area (Å²) in [6.45, 7) is 8.25. The summed E-state index contributed by atoms with van der Waals surface area (Å²) in [5, 5.41) is 0. The Morgan fingerprint density at radius 3 is 2.21 bits per heavy atom. The molecule has 0 atom stereocenters. The maximum Gasteiger partial charge on any atom is 0.147 e. The number of hydrogen-bond donors (Lipinski definition) is 0. The molecular weight excluding hydrogens is 364 g/mol. The van der Waals surface area contributed by atoms with Gasteiger partial charge in [0.1, 0.15) is 5.82 Å². The maximum atomic E-state index is 4.88. The van der Waals surface area contributed by atoms with E-state index in [1.165, 1.54) is 21.7 Å². The van der Waals surface area contributed by atoms with Gasteiger partial charge in [0, 0.05) is 42.3 Å². The minimum absolute atomic E-state index is 0.932. The first-order valence-electron chi connectivity index (χ1n) is 9.67. The van der Waals surface area contributed by atoms with Crippen LogP contribution in [0.4, 0.5) is 11.5 Å². The zero-order chi connectivity index (χ0) is 19.5. The van der Waals surface area contributed by atoms with Crippen LogP contribution < -0.4 is 9.80 Å². The van der Waals surface area contributed by atoms with E-state index in [2.05, 4.69) is 77.4 Å². The molecule has 4 rings (SSSR count). The number of hydrogen-bond acceptors (Lipinski definition) is 5. The first-order valence-corrected chi connectivity index (χ1v) is 10.9. The largest absolute Gasteiger partial charge is 0.368 e. The number of aromatic nitrogens is 2. The summed E-state index contributed by atoms with van der Waals surface area (Å²) in [7, 11) is 0. The molecule has 0 saturated carbocycles. The van der Waals surface area contributed by atoms with Crippen LogP contribution in [0.1, 0.15) is 11.1 Å². The van der Waals surface area contributed by atoms with Crippen LogP contribution in [0.25, 0.3) is 11.3 Å². The highest BCUT2D eigenvalue weighted by Crippen LogP contribution is 2.25. The molecule has 5 heteroatoms. The van der Waals surface area contributed by atoms with Crippen molar-refractivity contribution in [2.24, 2.45) is 0 Å². The third-order valence-electron chi connectivity index (χ3n) is 5.47. The molecule has 4 nitrogen and oxygen atoms in total. The standard InChI is InChI=1S/C23H26N4S/c1-17-4-7-20(14-18(17)2)26-10-12-27(13-11-26)23-16-24-15-22(25-23)19-5-8-21(28-3)9-6-19/h4-9,14-16H,10-13H2,1-3H3. The van der Waals surface area contributed by atoms with E-state index in [0.717, 1.165) is 43.3 Å². The second-order valence-electron chi connectivity index (χ2n) is 7.23. The highest BCUT2D eigenvalue weighted by Gasteiger charge is 2.19. The van der Waals surface area contributed by atoms with E-state index >= 15 is 0 Å². The molecule has 1 saturated heterocycles. The van der Waals surface area contributed by atoms with Crippen molar-refractivity contribution in [1.82, 2.24) is 9.97 Å². The fourth-order valence-electron chi connectivity index (χ4n) is 3.52. The zero-order valence-electron chi connectivity index (χ0n) is 16.7. The molecular formula is C23H26N4S. The molecule has 0 amide bonds. The number of rotatable bonds is 4. The Labute approximate surface area is 171 Å². The monoisotopic (exact) mass is 390 g/mol. The van der Waals surface area contributed by atoms with Crippen molar-refractivity contribution in [3.63, 3.8) is 0 Å². The predicted octanol–water partition coefficient (Wildman–Crippen LogP) is 4.81. The van der Waals surface area contributed by atoms with E-state index in [0.29, 0.717) is 0 Å². The van der Waals surface area contributed by atoms with Crippen LogP contribution in [0, 0.1) is 13.8 Å². The third-order valence-corrected chi connectivity index (χ3v) is 6.21. The number of piperazine rings is 1. The number of thioether (sulfide) groups is 1. The average Bonchev–Trinajstić information content (AvgIpc) is 2.76. The Morgan fingerprint density at radius 1 is 0.821 bits per heavy atom. The molecule has 0 spiro atoms. The molecule has 1 fully saturated rings. The number of anilines is 2. The van der Waals surface area contributed by atoms with Crippen molar-refractivity contribution in [2.45, 2.75) is 18.7 Å². The first kappa shape index (κ1) is 18.8. The van der Waals surface area contributed by atoms with Crippen molar-refractivity contribution >= 4 is 23.3 Å². The van der Waals surface area contributed by atoms with Crippen molar-refractivity contribution in [3.8, 4) is 11.3 Å². The first-order chi connectivity index (χ1) is 13.6. The van der Waals surface area contributed by atoms with E-state index in [-0.39, 0.29) is 0 Å². The average molecular weight is 391 g/mol. The van der Waals surface area contributed by atoms with E-state index in [1.807, 2.05) is 12.4 Å². The van der Waals surface area contributed by atoms with Gasteiger partial charge in [-0.3, -0.25) is 4.98 Å². The zero-order valence-corrected chi connectivity index (χ0v) is 17.5. The molecule has 2 aromatic carbocycles. The molecule has 1 aliphatic rings. The summed E-state index contributed by atoms with van der Waals surface area (Å²) >= 11 is 1.75. The van der Waals surface area contributed by atoms with Crippen LogP contribution in [0.2, 0.25) is 0 Å². The molecule has 144 valence electrons. The molecule has 1 aliphatic heterocycles. The summed E-state index contributed by atoms with van der Waals surface area (Å²) in [5.74, 6) is 0.964. The van der Waals surface area contributed by atoms with Gasteiger partial charge < -0.3 is 9.80 Å². The van der Waals surface area contributed by atoms with E-state index in [9.17, 15) is 0 Å². The second-order valence-corrected chi connectivity index (χ2v) is 8.11. The molecule has 0 N–H and O–H groups in total. The normalized spacial score (nSPS) is 14.4. The van der Waals surface area contributed by atoms with Gasteiger partial charge in [-0.1, -0.05) is 18.2 Å². The van der Waals surface area contributed by atoms with Crippen molar-refractivity contribution in [1.29, 1.82) is 0 Å². The lowest BCUT2D eigenvalue weighted by Gasteiger charge is -2.36. The molecule has 28 heavy (non-hydrogen) atoms. The van der Waals surface area contributed by atoms with E-state index < -0.39 is 0 Å². The van der Waals surface area contributed by atoms with Gasteiger partial charge in [-0.25, -0.2) is 4.98 Å². The lowest BCUT2D eigenvalue weighted by molar-refractivity contribution is 0.646. The van der Waals surface area contributed by atoms with Crippen molar-refractivity contribution in [3.05, 3.63) is 66.0 Å². The number of benzene rings is 2. The Morgan fingerprint density at radius 2 is 1.54 bits per heavy atom. The predicted molar refractivity (Wildman–Crippen MR) is 120 cm³/mol. The van der Waals surface area contributed by atoms with Gasteiger partial charge >= 0.3 is 0 Å². The van der Waals surface area contributed by atoms with Gasteiger partial charge in [-0.15, -0.1) is 11.8 Å². The summed E-state index contributed by atoms with van der Waals surface area (Å²) < 4.78 is 0. The Bertz CT molecular complexity index is 947. The van der Waals surface area contributed by atoms with Gasteiger partial charge in [-0.2, -0.15) is 0 Å². The topological polar surface area (TPSA) is 32.3 Å². The smallest absolute Gasteiger partial charge is 0.147 e. The molecule has 0 bridgehead atoms. The maximum absolute atomic E-state index is 4.88. The Hall–Kier alpha value is -2.53. The SMILES string of the molecule is CSc1ccc(-c2cncc(N3CCN(c4ccc(C)c(C)c4)CC3)n2)cc1. The molecule has 0 radical (unpaired) electrons. The van der Waals surface area contributed by atoms with Gasteiger partial charge in [0.05, 0.1) is 18.1 Å². The minimum Gasteiger partial charge on any atom is -0.368 e. The quantitative estimate of drug-likeness (QED) is 0.597. The van der Waals surface area contributed by atoms with Gasteiger partial charge in [-0.05, 0) is 55.5 Å². The summed E-state index contributed by atoms with van der Waals surface area (Å²) in [6, 6.07) is 15.3. The van der Waals surface area contributed by atoms with Crippen LogP contribution in [0.5, 0.6) is 0 Å². The molecule has 0 unspecified atom stereocenters.